The zero-order valence-corrected chi connectivity index (χ0v) is 12.5. The average molecular weight is 286 g/mol. The second-order valence-corrected chi connectivity index (χ2v) is 6.11. The number of halogens is 1. The van der Waals surface area contributed by atoms with Crippen molar-refractivity contribution >= 4 is 11.6 Å². The van der Waals surface area contributed by atoms with Crippen LogP contribution < -0.4 is 5.32 Å². The highest BCUT2D eigenvalue weighted by Gasteiger charge is 2.37. The molecule has 1 aliphatic rings. The molecule has 1 N–H and O–H groups in total. The Labute approximate surface area is 126 Å². The van der Waals surface area contributed by atoms with E-state index in [-0.39, 0.29) is 10.9 Å². The summed E-state index contributed by atoms with van der Waals surface area (Å²) in [7, 11) is 2.06. The molecule has 2 unspecified atom stereocenters. The van der Waals surface area contributed by atoms with Gasteiger partial charge in [-0.2, -0.15) is 0 Å². The fourth-order valence-electron chi connectivity index (χ4n) is 3.35. The summed E-state index contributed by atoms with van der Waals surface area (Å²) in [5, 5.41) is 3.73. The fourth-order valence-corrected chi connectivity index (χ4v) is 3.64. The molecule has 3 rings (SSSR count). The van der Waals surface area contributed by atoms with Crippen LogP contribution in [0.3, 0.4) is 0 Å². The SMILES string of the molecule is CNC1(Cc2ccccc2)CCC(Cl)c2ccccc21. The van der Waals surface area contributed by atoms with Crippen LogP contribution in [-0.2, 0) is 12.0 Å². The molecule has 1 nitrogen and oxygen atoms in total. The predicted octanol–water partition coefficient (Wildman–Crippen LogP) is 4.42. The van der Waals surface area contributed by atoms with Crippen molar-refractivity contribution in [2.24, 2.45) is 0 Å². The molecule has 0 heterocycles. The molecule has 1 aliphatic carbocycles. The molecule has 0 aromatic heterocycles. The summed E-state index contributed by atoms with van der Waals surface area (Å²) < 4.78 is 0. The van der Waals surface area contributed by atoms with Gasteiger partial charge in [0.1, 0.15) is 0 Å². The second kappa shape index (κ2) is 5.59. The van der Waals surface area contributed by atoms with Crippen molar-refractivity contribution in [2.75, 3.05) is 7.05 Å². The Kier molecular flexibility index (Phi) is 3.82. The molecular formula is C18H20ClN. The van der Waals surface area contributed by atoms with E-state index < -0.39 is 0 Å². The number of hydrogen-bond acceptors (Lipinski definition) is 1. The third-order valence-corrected chi connectivity index (χ3v) is 4.92. The number of hydrogen-bond donors (Lipinski definition) is 1. The molecule has 20 heavy (non-hydrogen) atoms. The lowest BCUT2D eigenvalue weighted by atomic mass is 9.73. The normalized spacial score (nSPS) is 25.2. The van der Waals surface area contributed by atoms with Crippen molar-refractivity contribution in [1.82, 2.24) is 5.32 Å². The van der Waals surface area contributed by atoms with Gasteiger partial charge in [-0.05, 0) is 43.0 Å². The maximum atomic E-state index is 6.51. The van der Waals surface area contributed by atoms with E-state index in [1.807, 2.05) is 0 Å². The van der Waals surface area contributed by atoms with Crippen molar-refractivity contribution < 1.29 is 0 Å². The van der Waals surface area contributed by atoms with E-state index >= 15 is 0 Å². The van der Waals surface area contributed by atoms with E-state index in [4.69, 9.17) is 11.6 Å². The predicted molar refractivity (Wildman–Crippen MR) is 85.2 cm³/mol. The topological polar surface area (TPSA) is 12.0 Å². The van der Waals surface area contributed by atoms with E-state index in [9.17, 15) is 0 Å². The molecular weight excluding hydrogens is 266 g/mol. The molecule has 2 atom stereocenters. The van der Waals surface area contributed by atoms with Gasteiger partial charge in [0.05, 0.1) is 5.38 Å². The van der Waals surface area contributed by atoms with Gasteiger partial charge in [-0.25, -0.2) is 0 Å². The second-order valence-electron chi connectivity index (χ2n) is 5.59. The molecule has 2 aromatic carbocycles. The molecule has 0 saturated heterocycles. The third kappa shape index (κ3) is 2.36. The van der Waals surface area contributed by atoms with Crippen LogP contribution >= 0.6 is 11.6 Å². The first-order valence-electron chi connectivity index (χ1n) is 7.21. The number of benzene rings is 2. The molecule has 0 spiro atoms. The molecule has 104 valence electrons. The maximum Gasteiger partial charge on any atom is 0.0589 e. The van der Waals surface area contributed by atoms with Gasteiger partial charge in [0.2, 0.25) is 0 Å². The van der Waals surface area contributed by atoms with Crippen LogP contribution in [0.2, 0.25) is 0 Å². The zero-order chi connectivity index (χ0) is 14.0. The van der Waals surface area contributed by atoms with Crippen LogP contribution in [0.5, 0.6) is 0 Å². The van der Waals surface area contributed by atoms with Crippen molar-refractivity contribution in [3.8, 4) is 0 Å². The van der Waals surface area contributed by atoms with Crippen molar-refractivity contribution in [1.29, 1.82) is 0 Å². The van der Waals surface area contributed by atoms with E-state index in [0.717, 1.165) is 19.3 Å². The lowest BCUT2D eigenvalue weighted by Gasteiger charge is -2.41. The number of likely N-dealkylation sites (N-methyl/N-ethyl adjacent to an activating group) is 1. The Morgan fingerprint density at radius 1 is 1.10 bits per heavy atom. The van der Waals surface area contributed by atoms with Crippen LogP contribution in [-0.4, -0.2) is 7.05 Å². The Bertz CT molecular complexity index is 581. The highest BCUT2D eigenvalue weighted by Crippen LogP contribution is 2.44. The van der Waals surface area contributed by atoms with Gasteiger partial charge >= 0.3 is 0 Å². The first kappa shape index (κ1) is 13.7. The first-order chi connectivity index (χ1) is 9.75. The minimum atomic E-state index is 0.00331. The zero-order valence-electron chi connectivity index (χ0n) is 11.8. The molecule has 0 bridgehead atoms. The quantitative estimate of drug-likeness (QED) is 0.823. The summed E-state index contributed by atoms with van der Waals surface area (Å²) >= 11 is 6.51. The van der Waals surface area contributed by atoms with Gasteiger partial charge < -0.3 is 5.32 Å². The van der Waals surface area contributed by atoms with E-state index in [0.29, 0.717) is 0 Å². The summed E-state index contributed by atoms with van der Waals surface area (Å²) in [6, 6.07) is 19.3. The Balaban J connectivity index is 2.03. The van der Waals surface area contributed by atoms with Crippen LogP contribution in [0.1, 0.15) is 34.9 Å². The van der Waals surface area contributed by atoms with Gasteiger partial charge in [-0.1, -0.05) is 54.6 Å². The largest absolute Gasteiger partial charge is 0.310 e. The van der Waals surface area contributed by atoms with Crippen LogP contribution in [0.4, 0.5) is 0 Å². The number of alkyl halides is 1. The minimum absolute atomic E-state index is 0.00331. The lowest BCUT2D eigenvalue weighted by Crippen LogP contribution is -2.45. The van der Waals surface area contributed by atoms with Gasteiger partial charge in [-0.15, -0.1) is 11.6 Å². The minimum Gasteiger partial charge on any atom is -0.310 e. The first-order valence-corrected chi connectivity index (χ1v) is 7.65. The highest BCUT2D eigenvalue weighted by atomic mass is 35.5. The number of nitrogens with one attached hydrogen (secondary N) is 1. The van der Waals surface area contributed by atoms with Crippen LogP contribution in [0.25, 0.3) is 0 Å². The fraction of sp³-hybridized carbons (Fsp3) is 0.333. The van der Waals surface area contributed by atoms with Crippen molar-refractivity contribution in [3.63, 3.8) is 0 Å². The Morgan fingerprint density at radius 3 is 2.55 bits per heavy atom. The molecule has 0 aliphatic heterocycles. The van der Waals surface area contributed by atoms with E-state index in [1.54, 1.807) is 0 Å². The van der Waals surface area contributed by atoms with Crippen molar-refractivity contribution in [2.45, 2.75) is 30.2 Å². The molecule has 2 heteroatoms. The van der Waals surface area contributed by atoms with Crippen LogP contribution in [0.15, 0.2) is 54.6 Å². The number of rotatable bonds is 3. The molecule has 2 aromatic rings. The molecule has 0 radical (unpaired) electrons. The van der Waals surface area contributed by atoms with Gasteiger partial charge in [0.15, 0.2) is 0 Å². The van der Waals surface area contributed by atoms with E-state index in [2.05, 4.69) is 67.0 Å². The summed E-state index contributed by atoms with van der Waals surface area (Å²) in [6.45, 7) is 0. The van der Waals surface area contributed by atoms with Gasteiger partial charge in [0, 0.05) is 5.54 Å². The van der Waals surface area contributed by atoms with E-state index in [1.165, 1.54) is 16.7 Å². The average Bonchev–Trinajstić information content (AvgIpc) is 2.52. The van der Waals surface area contributed by atoms with Crippen molar-refractivity contribution in [3.05, 3.63) is 71.3 Å². The summed E-state index contributed by atoms with van der Waals surface area (Å²) in [5.41, 5.74) is 4.01. The maximum absolute atomic E-state index is 6.51. The third-order valence-electron chi connectivity index (χ3n) is 4.47. The Morgan fingerprint density at radius 2 is 1.80 bits per heavy atom. The monoisotopic (exact) mass is 285 g/mol. The summed E-state index contributed by atoms with van der Waals surface area (Å²) in [5.74, 6) is 0. The Hall–Kier alpha value is -1.31. The standard InChI is InChI=1S/C18H20ClN/c1-20-18(13-14-7-3-2-4-8-14)12-11-17(19)15-9-5-6-10-16(15)18/h2-10,17,20H,11-13H2,1H3. The molecule has 0 saturated carbocycles. The molecule has 0 amide bonds. The summed E-state index contributed by atoms with van der Waals surface area (Å²) in [6.07, 6.45) is 3.10. The number of fused-ring (bicyclic) bond motifs is 1. The van der Waals surface area contributed by atoms with Crippen LogP contribution in [0, 0.1) is 0 Å². The van der Waals surface area contributed by atoms with Gasteiger partial charge in [-0.3, -0.25) is 0 Å². The highest BCUT2D eigenvalue weighted by molar-refractivity contribution is 6.21. The summed E-state index contributed by atoms with van der Waals surface area (Å²) in [4.78, 5) is 0. The molecule has 0 fully saturated rings. The smallest absolute Gasteiger partial charge is 0.0589 e. The van der Waals surface area contributed by atoms with Gasteiger partial charge in [0.25, 0.3) is 0 Å². The lowest BCUT2D eigenvalue weighted by molar-refractivity contribution is 0.300.